The summed E-state index contributed by atoms with van der Waals surface area (Å²) in [5.74, 6) is 2.71. The summed E-state index contributed by atoms with van der Waals surface area (Å²) in [5.41, 5.74) is 4.03. The molecular weight excluding hydrogens is 392 g/mol. The van der Waals surface area contributed by atoms with E-state index in [2.05, 4.69) is 48.5 Å². The fourth-order valence-corrected chi connectivity index (χ4v) is 10.5. The largest absolute Gasteiger partial charge is 0.299 e. The first-order valence-electron chi connectivity index (χ1n) is 13.5. The summed E-state index contributed by atoms with van der Waals surface area (Å²) in [7, 11) is 0. The van der Waals surface area contributed by atoms with Crippen LogP contribution in [0.25, 0.3) is 0 Å². The van der Waals surface area contributed by atoms with E-state index in [4.69, 9.17) is 0 Å². The molecule has 32 heavy (non-hydrogen) atoms. The molecule has 0 unspecified atom stereocenters. The molecule has 0 aliphatic heterocycles. The fourth-order valence-electron chi connectivity index (χ4n) is 10.5. The van der Waals surface area contributed by atoms with Crippen LogP contribution in [0.1, 0.15) is 119 Å². The first-order chi connectivity index (χ1) is 14.8. The van der Waals surface area contributed by atoms with Crippen molar-refractivity contribution in [1.82, 2.24) is 0 Å². The molecule has 0 aromatic rings. The van der Waals surface area contributed by atoms with Gasteiger partial charge in [-0.3, -0.25) is 9.59 Å². The summed E-state index contributed by atoms with van der Waals surface area (Å²) in [5, 5.41) is 0. The van der Waals surface area contributed by atoms with Gasteiger partial charge in [0.2, 0.25) is 0 Å². The molecule has 5 rings (SSSR count). The molecule has 0 heterocycles. The Morgan fingerprint density at radius 3 is 1.91 bits per heavy atom. The van der Waals surface area contributed by atoms with Crippen LogP contribution in [-0.2, 0) is 9.59 Å². The lowest BCUT2D eigenvalue weighted by Gasteiger charge is -2.62. The standard InChI is InChI=1S/C30H46O2/c1-26(2)21-10-8-19-18-28(5)15-12-22-27(3,4)25(32)14-17-30(22,7)23(28)11-9-20(19)29(21,6)16-13-24(26)31/h21-23H,8-18H2,1-7H3/t21-,22-,23-,28+,29+,30-/m0/s1. The van der Waals surface area contributed by atoms with Crippen LogP contribution in [0.4, 0.5) is 0 Å². The van der Waals surface area contributed by atoms with Gasteiger partial charge in [-0.2, -0.15) is 0 Å². The number of carbonyl (C=O) groups is 2. The van der Waals surface area contributed by atoms with Gasteiger partial charge < -0.3 is 0 Å². The zero-order chi connectivity index (χ0) is 23.3. The van der Waals surface area contributed by atoms with E-state index in [0.717, 1.165) is 25.7 Å². The van der Waals surface area contributed by atoms with Gasteiger partial charge in [0.25, 0.3) is 0 Å². The predicted octanol–water partition coefficient (Wildman–Crippen LogP) is 7.70. The monoisotopic (exact) mass is 438 g/mol. The van der Waals surface area contributed by atoms with E-state index in [1.165, 1.54) is 44.9 Å². The van der Waals surface area contributed by atoms with Crippen molar-refractivity contribution in [2.45, 2.75) is 119 Å². The van der Waals surface area contributed by atoms with Crippen molar-refractivity contribution >= 4 is 11.6 Å². The van der Waals surface area contributed by atoms with Crippen molar-refractivity contribution in [2.24, 2.45) is 44.8 Å². The molecule has 2 heteroatoms. The maximum absolute atomic E-state index is 12.9. The Labute approximate surface area is 196 Å². The molecule has 2 nitrogen and oxygen atoms in total. The van der Waals surface area contributed by atoms with Gasteiger partial charge in [0.05, 0.1) is 0 Å². The average molecular weight is 439 g/mol. The molecule has 6 atom stereocenters. The number of ketones is 2. The highest BCUT2D eigenvalue weighted by Crippen LogP contribution is 2.69. The lowest BCUT2D eigenvalue weighted by Crippen LogP contribution is -2.57. The van der Waals surface area contributed by atoms with Crippen LogP contribution < -0.4 is 0 Å². The van der Waals surface area contributed by atoms with Gasteiger partial charge in [-0.1, -0.05) is 59.6 Å². The maximum atomic E-state index is 12.9. The van der Waals surface area contributed by atoms with Gasteiger partial charge in [0.15, 0.2) is 0 Å². The lowest BCUT2D eigenvalue weighted by atomic mass is 9.42. The Kier molecular flexibility index (Phi) is 4.87. The van der Waals surface area contributed by atoms with Gasteiger partial charge in [-0.05, 0) is 91.8 Å². The highest BCUT2D eigenvalue weighted by molar-refractivity contribution is 5.86. The van der Waals surface area contributed by atoms with E-state index in [0.29, 0.717) is 34.7 Å². The number of hydrogen-bond donors (Lipinski definition) is 0. The first kappa shape index (κ1) is 22.9. The number of rotatable bonds is 0. The van der Waals surface area contributed by atoms with Crippen molar-refractivity contribution in [2.75, 3.05) is 0 Å². The van der Waals surface area contributed by atoms with Crippen molar-refractivity contribution in [3.05, 3.63) is 11.1 Å². The minimum absolute atomic E-state index is 0.168. The maximum Gasteiger partial charge on any atom is 0.138 e. The van der Waals surface area contributed by atoms with Crippen LogP contribution in [0.3, 0.4) is 0 Å². The predicted molar refractivity (Wildman–Crippen MR) is 130 cm³/mol. The molecule has 5 aliphatic carbocycles. The highest BCUT2D eigenvalue weighted by Gasteiger charge is 2.62. The topological polar surface area (TPSA) is 34.1 Å². The van der Waals surface area contributed by atoms with Gasteiger partial charge in [-0.15, -0.1) is 0 Å². The smallest absolute Gasteiger partial charge is 0.138 e. The SMILES string of the molecule is CC1(C)C(=O)CC[C@@]2(C)[C@H]1CC[C@]1(C)CC3=C(CC[C@@H]12)[C@@]1(C)CCC(=O)C(C)(C)[C@@H]1CC3. The number of Topliss-reactive ketones (excluding diaryl/α,β-unsaturated/α-hetero) is 2. The lowest BCUT2D eigenvalue weighted by molar-refractivity contribution is -0.159. The summed E-state index contributed by atoms with van der Waals surface area (Å²) in [4.78, 5) is 25.7. The summed E-state index contributed by atoms with van der Waals surface area (Å²) < 4.78 is 0. The Hall–Kier alpha value is -0.920. The van der Waals surface area contributed by atoms with E-state index >= 15 is 0 Å². The first-order valence-corrected chi connectivity index (χ1v) is 13.5. The van der Waals surface area contributed by atoms with Crippen LogP contribution in [0.15, 0.2) is 11.1 Å². The van der Waals surface area contributed by atoms with Gasteiger partial charge in [0.1, 0.15) is 11.6 Å². The number of allylic oxidation sites excluding steroid dienone is 2. The van der Waals surface area contributed by atoms with E-state index in [1.807, 2.05) is 0 Å². The summed E-state index contributed by atoms with van der Waals surface area (Å²) in [6, 6.07) is 0. The molecular formula is C30H46O2. The highest BCUT2D eigenvalue weighted by atomic mass is 16.1. The molecule has 5 aliphatic rings. The van der Waals surface area contributed by atoms with Gasteiger partial charge in [-0.25, -0.2) is 0 Å². The second-order valence-electron chi connectivity index (χ2n) is 14.4. The molecule has 0 aromatic carbocycles. The molecule has 3 fully saturated rings. The fraction of sp³-hybridized carbons (Fsp3) is 0.867. The molecule has 0 N–H and O–H groups in total. The minimum atomic E-state index is -0.181. The van der Waals surface area contributed by atoms with Crippen molar-refractivity contribution in [1.29, 1.82) is 0 Å². The molecule has 0 saturated heterocycles. The molecule has 0 radical (unpaired) electrons. The Morgan fingerprint density at radius 2 is 1.22 bits per heavy atom. The summed E-state index contributed by atoms with van der Waals surface area (Å²) in [6.45, 7) is 16.6. The van der Waals surface area contributed by atoms with Crippen LogP contribution in [0, 0.1) is 44.8 Å². The molecule has 0 bridgehead atoms. The number of carbonyl (C=O) groups excluding carboxylic acids is 2. The van der Waals surface area contributed by atoms with E-state index in [9.17, 15) is 9.59 Å². The van der Waals surface area contributed by atoms with Crippen LogP contribution in [0.2, 0.25) is 0 Å². The third-order valence-electron chi connectivity index (χ3n) is 12.3. The van der Waals surface area contributed by atoms with Gasteiger partial charge in [0, 0.05) is 23.7 Å². The molecule has 0 aromatic heterocycles. The molecule has 0 amide bonds. The molecule has 0 spiro atoms. The van der Waals surface area contributed by atoms with E-state index < -0.39 is 0 Å². The quantitative estimate of drug-likeness (QED) is 0.363. The normalized spacial score (nSPS) is 47.7. The van der Waals surface area contributed by atoms with Crippen LogP contribution in [0.5, 0.6) is 0 Å². The summed E-state index contributed by atoms with van der Waals surface area (Å²) >= 11 is 0. The van der Waals surface area contributed by atoms with Crippen LogP contribution >= 0.6 is 0 Å². The second kappa shape index (κ2) is 6.82. The van der Waals surface area contributed by atoms with E-state index in [1.54, 1.807) is 11.1 Å². The zero-order valence-electron chi connectivity index (χ0n) is 21.8. The summed E-state index contributed by atoms with van der Waals surface area (Å²) in [6.07, 6.45) is 12.3. The number of fused-ring (bicyclic) bond motifs is 5. The third-order valence-corrected chi connectivity index (χ3v) is 12.3. The van der Waals surface area contributed by atoms with Crippen molar-refractivity contribution < 1.29 is 9.59 Å². The molecule has 3 saturated carbocycles. The average Bonchev–Trinajstić information content (AvgIpc) is 2.86. The van der Waals surface area contributed by atoms with Crippen LogP contribution in [-0.4, -0.2) is 11.6 Å². The Bertz CT molecular complexity index is 891. The Morgan fingerprint density at radius 1 is 0.625 bits per heavy atom. The third kappa shape index (κ3) is 2.83. The van der Waals surface area contributed by atoms with Crippen molar-refractivity contribution in [3.63, 3.8) is 0 Å². The van der Waals surface area contributed by atoms with Crippen molar-refractivity contribution in [3.8, 4) is 0 Å². The molecule has 178 valence electrons. The Balaban J connectivity index is 1.52. The minimum Gasteiger partial charge on any atom is -0.299 e. The van der Waals surface area contributed by atoms with E-state index in [-0.39, 0.29) is 21.7 Å². The van der Waals surface area contributed by atoms with Gasteiger partial charge >= 0.3 is 0 Å². The second-order valence-corrected chi connectivity index (χ2v) is 14.4. The number of hydrogen-bond acceptors (Lipinski definition) is 2. The zero-order valence-corrected chi connectivity index (χ0v) is 21.8.